The maximum absolute atomic E-state index is 12.2. The van der Waals surface area contributed by atoms with Crippen molar-refractivity contribution in [3.8, 4) is 5.88 Å². The fourth-order valence-electron chi connectivity index (χ4n) is 3.97. The first kappa shape index (κ1) is 30.4. The van der Waals surface area contributed by atoms with Crippen LogP contribution in [0.4, 0.5) is 5.95 Å². The van der Waals surface area contributed by atoms with E-state index in [1.807, 2.05) is 4.57 Å². The van der Waals surface area contributed by atoms with Gasteiger partial charge in [-0.2, -0.15) is 9.97 Å². The number of imidazole rings is 1. The highest BCUT2D eigenvalue weighted by molar-refractivity contribution is 6.74. The standard InChI is InChI=1S/C27H44N6O5Si2/c1-26(2,3)39(7,8)35-16-19-18(38-40(9,10)27(4,5)6)15-21(36-19)32-17-29-22-23(32)30-25(28)31-24(22)37-33-14-12-11-13-20(33)34/h11-14,17-19,21H,15-16H2,1-10H3,(H2,28,30,31)/t18-,19+,21+/m0/s1. The number of aromatic nitrogens is 5. The van der Waals surface area contributed by atoms with E-state index in [0.29, 0.717) is 24.2 Å². The Morgan fingerprint density at radius 2 is 1.73 bits per heavy atom. The van der Waals surface area contributed by atoms with Crippen molar-refractivity contribution in [3.63, 3.8) is 0 Å². The molecule has 4 heterocycles. The Hall–Kier alpha value is -2.59. The molecule has 0 amide bonds. The third-order valence-electron chi connectivity index (χ3n) is 8.54. The second kappa shape index (κ2) is 10.7. The lowest BCUT2D eigenvalue weighted by Gasteiger charge is -2.40. The van der Waals surface area contributed by atoms with Gasteiger partial charge in [0.1, 0.15) is 12.3 Å². The summed E-state index contributed by atoms with van der Waals surface area (Å²) in [5.41, 5.74) is 6.54. The number of nitrogens with zero attached hydrogens (tertiary/aromatic N) is 5. The van der Waals surface area contributed by atoms with Crippen LogP contribution in [0.15, 0.2) is 35.5 Å². The van der Waals surface area contributed by atoms with Crippen LogP contribution in [-0.2, 0) is 13.6 Å². The summed E-state index contributed by atoms with van der Waals surface area (Å²) in [7, 11) is -4.12. The molecule has 1 saturated heterocycles. The van der Waals surface area contributed by atoms with E-state index in [-0.39, 0.29) is 39.7 Å². The molecule has 0 spiro atoms. The minimum atomic E-state index is -2.11. The van der Waals surface area contributed by atoms with Gasteiger partial charge in [-0.1, -0.05) is 47.6 Å². The number of nitrogen functional groups attached to an aromatic ring is 1. The SMILES string of the molecule is CC(C)(C)[Si](C)(C)OC[C@H]1O[C@@H](n2cnc3c(On4ccccc4=O)nc(N)nc32)C[C@@H]1O[Si](C)(C)C(C)(C)C. The molecule has 2 N–H and O–H groups in total. The van der Waals surface area contributed by atoms with Crippen LogP contribution in [0.1, 0.15) is 54.2 Å². The molecule has 4 rings (SSSR count). The number of pyridine rings is 1. The fourth-order valence-corrected chi connectivity index (χ4v) is 6.34. The van der Waals surface area contributed by atoms with Crippen LogP contribution in [0.2, 0.25) is 36.3 Å². The predicted molar refractivity (Wildman–Crippen MR) is 160 cm³/mol. The minimum absolute atomic E-state index is 0.00175. The Balaban J connectivity index is 1.66. The summed E-state index contributed by atoms with van der Waals surface area (Å²) >= 11 is 0. The van der Waals surface area contributed by atoms with Crippen molar-refractivity contribution in [2.75, 3.05) is 12.3 Å². The molecule has 0 aliphatic carbocycles. The van der Waals surface area contributed by atoms with Gasteiger partial charge < -0.3 is 24.2 Å². The van der Waals surface area contributed by atoms with E-state index in [2.05, 4.69) is 82.7 Å². The molecular formula is C27H44N6O5Si2. The first-order chi connectivity index (χ1) is 18.4. The van der Waals surface area contributed by atoms with E-state index in [4.69, 9.17) is 24.2 Å². The van der Waals surface area contributed by atoms with Gasteiger partial charge >= 0.3 is 0 Å². The number of rotatable bonds is 8. The third kappa shape index (κ3) is 6.18. The average molecular weight is 589 g/mol. The monoisotopic (exact) mass is 588 g/mol. The lowest BCUT2D eigenvalue weighted by atomic mass is 10.2. The minimum Gasteiger partial charge on any atom is -0.414 e. The quantitative estimate of drug-likeness (QED) is 0.357. The van der Waals surface area contributed by atoms with Crippen molar-refractivity contribution in [3.05, 3.63) is 41.1 Å². The molecular weight excluding hydrogens is 545 g/mol. The van der Waals surface area contributed by atoms with Gasteiger partial charge in [-0.05, 0) is 42.3 Å². The molecule has 1 aliphatic heterocycles. The third-order valence-corrected chi connectivity index (χ3v) is 17.5. The maximum Gasteiger partial charge on any atom is 0.283 e. The molecule has 3 atom stereocenters. The normalized spacial score (nSPS) is 20.8. The Kier molecular flexibility index (Phi) is 8.10. The first-order valence-corrected chi connectivity index (χ1v) is 19.5. The van der Waals surface area contributed by atoms with Crippen LogP contribution >= 0.6 is 0 Å². The largest absolute Gasteiger partial charge is 0.414 e. The smallest absolute Gasteiger partial charge is 0.283 e. The summed E-state index contributed by atoms with van der Waals surface area (Å²) in [6.45, 7) is 22.8. The van der Waals surface area contributed by atoms with E-state index >= 15 is 0 Å². The second-order valence-corrected chi connectivity index (χ2v) is 23.1. The summed E-state index contributed by atoms with van der Waals surface area (Å²) in [5, 5.41) is 0.119. The van der Waals surface area contributed by atoms with Crippen LogP contribution in [0.3, 0.4) is 0 Å². The molecule has 3 aromatic rings. The topological polar surface area (TPSA) is 129 Å². The number of ether oxygens (including phenoxy) is 1. The number of hydrogen-bond donors (Lipinski definition) is 1. The van der Waals surface area contributed by atoms with Crippen molar-refractivity contribution >= 4 is 33.7 Å². The molecule has 220 valence electrons. The van der Waals surface area contributed by atoms with Crippen LogP contribution in [-0.4, -0.2) is 59.7 Å². The molecule has 0 radical (unpaired) electrons. The van der Waals surface area contributed by atoms with Crippen molar-refractivity contribution in [1.82, 2.24) is 24.2 Å². The van der Waals surface area contributed by atoms with Gasteiger partial charge in [0.2, 0.25) is 5.95 Å². The molecule has 0 aromatic carbocycles. The van der Waals surface area contributed by atoms with E-state index in [9.17, 15) is 4.79 Å². The van der Waals surface area contributed by atoms with Crippen molar-refractivity contribution in [1.29, 1.82) is 0 Å². The Labute approximate surface area is 238 Å². The summed E-state index contributed by atoms with van der Waals surface area (Å²) in [4.78, 5) is 31.1. The highest BCUT2D eigenvalue weighted by atomic mass is 28.4. The molecule has 3 aromatic heterocycles. The molecule has 0 bridgehead atoms. The molecule has 11 nitrogen and oxygen atoms in total. The van der Waals surface area contributed by atoms with E-state index < -0.39 is 22.9 Å². The predicted octanol–water partition coefficient (Wildman–Crippen LogP) is 5.11. The molecule has 0 saturated carbocycles. The van der Waals surface area contributed by atoms with Crippen LogP contribution in [0, 0.1) is 0 Å². The van der Waals surface area contributed by atoms with E-state index in [0.717, 1.165) is 4.73 Å². The highest BCUT2D eigenvalue weighted by Crippen LogP contribution is 2.43. The Bertz CT molecular complexity index is 1410. The van der Waals surface area contributed by atoms with Gasteiger partial charge in [-0.25, -0.2) is 4.98 Å². The van der Waals surface area contributed by atoms with Crippen LogP contribution < -0.4 is 16.1 Å². The Morgan fingerprint density at radius 1 is 1.05 bits per heavy atom. The van der Waals surface area contributed by atoms with Gasteiger partial charge in [0.05, 0.1) is 19.0 Å². The fraction of sp³-hybridized carbons (Fsp3) is 0.630. The number of hydrogen-bond acceptors (Lipinski definition) is 9. The van der Waals surface area contributed by atoms with E-state index in [1.165, 1.54) is 12.3 Å². The second-order valence-electron chi connectivity index (χ2n) is 13.5. The lowest BCUT2D eigenvalue weighted by molar-refractivity contribution is -0.0383. The highest BCUT2D eigenvalue weighted by Gasteiger charge is 2.47. The zero-order valence-corrected chi connectivity index (χ0v) is 27.4. The van der Waals surface area contributed by atoms with Crippen molar-refractivity contribution in [2.24, 2.45) is 0 Å². The van der Waals surface area contributed by atoms with Gasteiger partial charge in [-0.3, -0.25) is 9.36 Å². The van der Waals surface area contributed by atoms with Gasteiger partial charge in [0.15, 0.2) is 27.8 Å². The summed E-state index contributed by atoms with van der Waals surface area (Å²) < 4.78 is 23.0. The zero-order chi connectivity index (χ0) is 29.7. The van der Waals surface area contributed by atoms with Gasteiger partial charge in [0, 0.05) is 18.7 Å². The number of fused-ring (bicyclic) bond motifs is 1. The average Bonchev–Trinajstić information content (AvgIpc) is 3.41. The summed E-state index contributed by atoms with van der Waals surface area (Å²) in [6, 6.07) is 4.70. The van der Waals surface area contributed by atoms with Gasteiger partial charge in [-0.15, -0.1) is 4.73 Å². The molecule has 13 heteroatoms. The van der Waals surface area contributed by atoms with Crippen molar-refractivity contribution < 1.29 is 18.4 Å². The molecule has 1 fully saturated rings. The zero-order valence-electron chi connectivity index (χ0n) is 25.4. The van der Waals surface area contributed by atoms with Gasteiger partial charge in [0.25, 0.3) is 11.4 Å². The van der Waals surface area contributed by atoms with E-state index in [1.54, 1.807) is 18.5 Å². The first-order valence-electron chi connectivity index (χ1n) is 13.7. The number of anilines is 1. The molecule has 1 aliphatic rings. The molecule has 40 heavy (non-hydrogen) atoms. The van der Waals surface area contributed by atoms with Crippen molar-refractivity contribution in [2.45, 2.75) is 103 Å². The Morgan fingerprint density at radius 3 is 2.35 bits per heavy atom. The van der Waals surface area contributed by atoms with Crippen LogP contribution in [0.25, 0.3) is 11.2 Å². The summed E-state index contributed by atoms with van der Waals surface area (Å²) in [6.07, 6.45) is 2.91. The van der Waals surface area contributed by atoms with Crippen LogP contribution in [0.5, 0.6) is 5.88 Å². The lowest BCUT2D eigenvalue weighted by Crippen LogP contribution is -2.48. The number of nitrogens with two attached hydrogens (primary N) is 1. The maximum atomic E-state index is 12.2. The molecule has 0 unspecified atom stereocenters. The summed E-state index contributed by atoms with van der Waals surface area (Å²) in [5.74, 6) is 0.0811.